The van der Waals surface area contributed by atoms with E-state index in [4.69, 9.17) is 17.2 Å². The van der Waals surface area contributed by atoms with Crippen LogP contribution in [0.1, 0.15) is 29.9 Å². The number of fused-ring (bicyclic) bond motifs is 1. The van der Waals surface area contributed by atoms with E-state index < -0.39 is 0 Å². The lowest BCUT2D eigenvalue weighted by Gasteiger charge is -2.29. The molecule has 1 aliphatic heterocycles. The zero-order valence-electron chi connectivity index (χ0n) is 20.5. The molecule has 0 amide bonds. The number of benzene rings is 3. The summed E-state index contributed by atoms with van der Waals surface area (Å²) in [6.45, 7) is 1.71. The van der Waals surface area contributed by atoms with Crippen molar-refractivity contribution in [1.29, 1.82) is 0 Å². The highest BCUT2D eigenvalue weighted by Crippen LogP contribution is 2.39. The predicted octanol–water partition coefficient (Wildman–Crippen LogP) is 6.50. The van der Waals surface area contributed by atoms with Crippen molar-refractivity contribution in [3.05, 3.63) is 127 Å². The molecule has 2 N–H and O–H groups in total. The van der Waals surface area contributed by atoms with Crippen molar-refractivity contribution in [1.82, 2.24) is 19.8 Å². The Morgan fingerprint density at radius 2 is 1.65 bits per heavy atom. The van der Waals surface area contributed by atoms with Gasteiger partial charge in [-0.1, -0.05) is 54.6 Å². The van der Waals surface area contributed by atoms with Crippen molar-refractivity contribution in [2.45, 2.75) is 18.5 Å². The Hall–Kier alpha value is -4.16. The van der Waals surface area contributed by atoms with Gasteiger partial charge in [0, 0.05) is 42.6 Å². The van der Waals surface area contributed by atoms with Crippen molar-refractivity contribution in [2.75, 3.05) is 18.4 Å². The van der Waals surface area contributed by atoms with Gasteiger partial charge in [0.05, 0.1) is 17.8 Å². The van der Waals surface area contributed by atoms with Gasteiger partial charge in [0.25, 0.3) is 0 Å². The maximum absolute atomic E-state index is 5.89. The van der Waals surface area contributed by atoms with Crippen LogP contribution >= 0.6 is 12.2 Å². The van der Waals surface area contributed by atoms with Crippen molar-refractivity contribution < 1.29 is 0 Å². The van der Waals surface area contributed by atoms with E-state index in [2.05, 4.69) is 111 Å². The van der Waals surface area contributed by atoms with Crippen molar-refractivity contribution >= 4 is 33.8 Å². The maximum Gasteiger partial charge on any atom is 0.170 e. The van der Waals surface area contributed by atoms with E-state index in [1.54, 1.807) is 0 Å². The van der Waals surface area contributed by atoms with Gasteiger partial charge in [0.15, 0.2) is 5.11 Å². The first kappa shape index (κ1) is 23.3. The molecule has 2 aromatic heterocycles. The number of aromatic nitrogens is 2. The van der Waals surface area contributed by atoms with Crippen LogP contribution < -0.4 is 10.6 Å². The van der Waals surface area contributed by atoms with E-state index in [9.17, 15) is 0 Å². The average Bonchev–Trinajstić information content (AvgIpc) is 3.56. The number of hydrogen-bond donors (Lipinski definition) is 2. The summed E-state index contributed by atoms with van der Waals surface area (Å²) < 4.78 is 2.29. The van der Waals surface area contributed by atoms with Gasteiger partial charge < -0.3 is 20.1 Å². The monoisotopic (exact) mass is 503 g/mol. The van der Waals surface area contributed by atoms with E-state index >= 15 is 0 Å². The summed E-state index contributed by atoms with van der Waals surface area (Å²) in [6.07, 6.45) is 4.95. The van der Waals surface area contributed by atoms with Crippen LogP contribution in [0.15, 0.2) is 116 Å². The molecule has 6 rings (SSSR count). The average molecular weight is 504 g/mol. The predicted molar refractivity (Wildman–Crippen MR) is 155 cm³/mol. The molecule has 1 saturated heterocycles. The first-order valence-electron chi connectivity index (χ1n) is 12.7. The van der Waals surface area contributed by atoms with Gasteiger partial charge in [0.1, 0.15) is 0 Å². The molecule has 184 valence electrons. The SMILES string of the molecule is S=C1N[C@@H](c2ccccn2)[C@H](c2cccn2-c2ccc3ccccc3c2)N1CCCNc1ccccc1. The number of rotatable bonds is 8. The Morgan fingerprint density at radius 3 is 2.49 bits per heavy atom. The highest BCUT2D eigenvalue weighted by atomic mass is 32.1. The molecule has 1 fully saturated rings. The lowest BCUT2D eigenvalue weighted by atomic mass is 10.0. The van der Waals surface area contributed by atoms with Crippen molar-refractivity contribution in [3.8, 4) is 5.69 Å². The Kier molecular flexibility index (Phi) is 6.57. The molecular weight excluding hydrogens is 474 g/mol. The molecule has 5 nitrogen and oxygen atoms in total. The Morgan fingerprint density at radius 1 is 0.838 bits per heavy atom. The number of anilines is 1. The van der Waals surface area contributed by atoms with Crippen LogP contribution in [0.25, 0.3) is 16.5 Å². The Bertz CT molecular complexity index is 1500. The summed E-state index contributed by atoms with van der Waals surface area (Å²) >= 11 is 5.89. The van der Waals surface area contributed by atoms with E-state index in [0.29, 0.717) is 0 Å². The number of thiocarbonyl (C=S) groups is 1. The third-order valence-corrected chi connectivity index (χ3v) is 7.32. The highest BCUT2D eigenvalue weighted by molar-refractivity contribution is 7.80. The minimum absolute atomic E-state index is 0.0144. The number of hydrogen-bond acceptors (Lipinski definition) is 3. The molecule has 0 bridgehead atoms. The van der Waals surface area contributed by atoms with E-state index in [1.165, 1.54) is 16.5 Å². The van der Waals surface area contributed by atoms with Crippen LogP contribution in [0.4, 0.5) is 5.69 Å². The Balaban J connectivity index is 1.31. The van der Waals surface area contributed by atoms with Crippen LogP contribution in [0, 0.1) is 0 Å². The fraction of sp³-hybridized carbons (Fsp3) is 0.161. The van der Waals surface area contributed by atoms with Gasteiger partial charge in [0.2, 0.25) is 0 Å². The number of nitrogens with one attached hydrogen (secondary N) is 2. The normalized spacial score (nSPS) is 17.2. The van der Waals surface area contributed by atoms with E-state index in [1.807, 2.05) is 24.4 Å². The number of nitrogens with zero attached hydrogens (tertiary/aromatic N) is 3. The van der Waals surface area contributed by atoms with Crippen molar-refractivity contribution in [2.24, 2.45) is 0 Å². The Labute approximate surface area is 222 Å². The quantitative estimate of drug-likeness (QED) is 0.187. The van der Waals surface area contributed by atoms with Gasteiger partial charge in [-0.25, -0.2) is 0 Å². The second-order valence-corrected chi connectivity index (χ2v) is 9.69. The van der Waals surface area contributed by atoms with E-state index in [0.717, 1.165) is 41.7 Å². The molecule has 37 heavy (non-hydrogen) atoms. The van der Waals surface area contributed by atoms with E-state index in [-0.39, 0.29) is 12.1 Å². The van der Waals surface area contributed by atoms with Gasteiger partial charge >= 0.3 is 0 Å². The molecule has 1 aliphatic rings. The van der Waals surface area contributed by atoms with Crippen LogP contribution in [-0.4, -0.2) is 32.7 Å². The molecule has 0 spiro atoms. The summed E-state index contributed by atoms with van der Waals surface area (Å²) in [5.41, 5.74) is 4.46. The molecule has 0 unspecified atom stereocenters. The summed E-state index contributed by atoms with van der Waals surface area (Å²) in [5.74, 6) is 0. The summed E-state index contributed by atoms with van der Waals surface area (Å²) in [4.78, 5) is 7.03. The molecule has 5 aromatic rings. The molecule has 3 aromatic carbocycles. The summed E-state index contributed by atoms with van der Waals surface area (Å²) in [7, 11) is 0. The first-order valence-corrected chi connectivity index (χ1v) is 13.1. The van der Waals surface area contributed by atoms with Gasteiger partial charge in [-0.2, -0.15) is 0 Å². The first-order chi connectivity index (χ1) is 18.3. The lowest BCUT2D eigenvalue weighted by Crippen LogP contribution is -2.32. The van der Waals surface area contributed by atoms with Crippen LogP contribution in [-0.2, 0) is 0 Å². The zero-order chi connectivity index (χ0) is 25.0. The minimum Gasteiger partial charge on any atom is -0.385 e. The number of para-hydroxylation sites is 1. The second-order valence-electron chi connectivity index (χ2n) is 9.30. The van der Waals surface area contributed by atoms with Crippen LogP contribution in [0.5, 0.6) is 0 Å². The lowest BCUT2D eigenvalue weighted by molar-refractivity contribution is 0.307. The maximum atomic E-state index is 5.89. The highest BCUT2D eigenvalue weighted by Gasteiger charge is 2.40. The summed E-state index contributed by atoms with van der Waals surface area (Å²) in [6, 6.07) is 35.8. The largest absolute Gasteiger partial charge is 0.385 e. The van der Waals surface area contributed by atoms with Crippen LogP contribution in [0.2, 0.25) is 0 Å². The fourth-order valence-corrected chi connectivity index (χ4v) is 5.53. The van der Waals surface area contributed by atoms with Gasteiger partial charge in [-0.15, -0.1) is 0 Å². The molecule has 6 heteroatoms. The molecule has 2 atom stereocenters. The number of pyridine rings is 1. The third kappa shape index (κ3) is 4.80. The summed E-state index contributed by atoms with van der Waals surface area (Å²) in [5, 5.41) is 10.3. The molecule has 0 saturated carbocycles. The molecule has 3 heterocycles. The fourth-order valence-electron chi connectivity index (χ4n) is 5.20. The zero-order valence-corrected chi connectivity index (χ0v) is 21.3. The van der Waals surface area contributed by atoms with Gasteiger partial charge in [-0.3, -0.25) is 4.98 Å². The molecule has 0 radical (unpaired) electrons. The second kappa shape index (κ2) is 10.4. The molecule has 0 aliphatic carbocycles. The smallest absolute Gasteiger partial charge is 0.170 e. The van der Waals surface area contributed by atoms with Gasteiger partial charge in [-0.05, 0) is 77.9 Å². The van der Waals surface area contributed by atoms with Crippen molar-refractivity contribution in [3.63, 3.8) is 0 Å². The standard InChI is InChI=1S/C31H29N5S/c37-31-34-29(27-14-6-7-18-33-27)30(36(31)21-9-19-32-25-12-2-1-3-13-25)28-15-8-20-35(28)26-17-16-23-10-4-5-11-24(23)22-26/h1-8,10-18,20,22,29-30,32H,9,19,21H2,(H,34,37)/t29-,30-/m0/s1. The molecular formula is C31H29N5S. The third-order valence-electron chi connectivity index (χ3n) is 6.97. The van der Waals surface area contributed by atoms with Crippen LogP contribution in [0.3, 0.4) is 0 Å². The minimum atomic E-state index is -0.0371. The topological polar surface area (TPSA) is 45.1 Å².